The minimum Gasteiger partial charge on any atom is -0.373 e. The lowest BCUT2D eigenvalue weighted by Gasteiger charge is -2.23. The highest BCUT2D eigenvalue weighted by Crippen LogP contribution is 2.19. The van der Waals surface area contributed by atoms with Crippen LogP contribution in [0.5, 0.6) is 0 Å². The third-order valence-corrected chi connectivity index (χ3v) is 2.96. The molecule has 0 spiro atoms. The van der Waals surface area contributed by atoms with Crippen molar-refractivity contribution in [2.45, 2.75) is 6.92 Å². The van der Waals surface area contributed by atoms with Crippen molar-refractivity contribution in [3.05, 3.63) is 29.8 Å². The third kappa shape index (κ3) is 3.17. The molecule has 1 rings (SSSR count). The molecule has 0 aliphatic heterocycles. The molecule has 80 valence electrons. The van der Waals surface area contributed by atoms with E-state index in [1.165, 1.54) is 0 Å². The van der Waals surface area contributed by atoms with Crippen molar-refractivity contribution in [2.75, 3.05) is 24.2 Å². The van der Waals surface area contributed by atoms with Crippen LogP contribution in [-0.4, -0.2) is 19.3 Å². The minimum atomic E-state index is 0.519. The van der Waals surface area contributed by atoms with Crippen molar-refractivity contribution in [3.63, 3.8) is 0 Å². The van der Waals surface area contributed by atoms with Gasteiger partial charge in [-0.3, -0.25) is 0 Å². The largest absolute Gasteiger partial charge is 0.373 e. The molecule has 0 aromatic heterocycles. The Morgan fingerprint density at radius 3 is 2.73 bits per heavy atom. The summed E-state index contributed by atoms with van der Waals surface area (Å²) in [5, 5.41) is 8.97. The molecule has 0 saturated heterocycles. The Labute approximate surface area is 96.9 Å². The van der Waals surface area contributed by atoms with Gasteiger partial charge in [0.15, 0.2) is 0 Å². The van der Waals surface area contributed by atoms with Gasteiger partial charge in [-0.2, -0.15) is 17.9 Å². The molecule has 0 saturated carbocycles. The molecule has 1 atom stereocenters. The average molecular weight is 220 g/mol. The molecule has 3 heteroatoms. The maximum atomic E-state index is 8.97. The Morgan fingerprint density at radius 1 is 1.47 bits per heavy atom. The molecule has 1 aromatic rings. The predicted molar refractivity (Wildman–Crippen MR) is 67.4 cm³/mol. The Morgan fingerprint density at radius 2 is 2.13 bits per heavy atom. The first-order valence-electron chi connectivity index (χ1n) is 5.00. The van der Waals surface area contributed by atoms with Gasteiger partial charge in [-0.05, 0) is 23.8 Å². The van der Waals surface area contributed by atoms with Gasteiger partial charge in [-0.1, -0.05) is 19.1 Å². The van der Waals surface area contributed by atoms with Crippen molar-refractivity contribution in [1.29, 1.82) is 5.26 Å². The highest BCUT2D eigenvalue weighted by Gasteiger charge is 2.08. The van der Waals surface area contributed by atoms with Crippen LogP contribution in [0.15, 0.2) is 24.3 Å². The standard InChI is InChI=1S/C12H16N2S/c1-10(9-15)8-14(2)12-6-4-3-5-11(12)7-13/h3-6,10,15H,8-9H2,1-2H3. The normalized spacial score (nSPS) is 11.9. The summed E-state index contributed by atoms with van der Waals surface area (Å²) < 4.78 is 0. The molecule has 1 aromatic carbocycles. The van der Waals surface area contributed by atoms with Crippen LogP contribution >= 0.6 is 12.6 Å². The summed E-state index contributed by atoms with van der Waals surface area (Å²) in [7, 11) is 2.01. The lowest BCUT2D eigenvalue weighted by molar-refractivity contribution is 0.650. The minimum absolute atomic E-state index is 0.519. The third-order valence-electron chi connectivity index (χ3n) is 2.33. The molecule has 0 amide bonds. The summed E-state index contributed by atoms with van der Waals surface area (Å²) in [6, 6.07) is 9.87. The molecule has 0 radical (unpaired) electrons. The maximum Gasteiger partial charge on any atom is 0.101 e. The van der Waals surface area contributed by atoms with Crippen LogP contribution < -0.4 is 4.90 Å². The second-order valence-electron chi connectivity index (χ2n) is 3.80. The zero-order valence-electron chi connectivity index (χ0n) is 9.14. The molecule has 1 unspecified atom stereocenters. The van der Waals surface area contributed by atoms with Crippen molar-refractivity contribution in [2.24, 2.45) is 5.92 Å². The zero-order chi connectivity index (χ0) is 11.3. The molecule has 0 heterocycles. The number of hydrogen-bond donors (Lipinski definition) is 1. The Hall–Kier alpha value is -1.14. The van der Waals surface area contributed by atoms with E-state index >= 15 is 0 Å². The topological polar surface area (TPSA) is 27.0 Å². The Bertz CT molecular complexity index is 357. The van der Waals surface area contributed by atoms with Crippen LogP contribution in [0.3, 0.4) is 0 Å². The number of hydrogen-bond acceptors (Lipinski definition) is 3. The Balaban J connectivity index is 2.82. The monoisotopic (exact) mass is 220 g/mol. The predicted octanol–water partition coefficient (Wildman–Crippen LogP) is 2.56. The van der Waals surface area contributed by atoms with Crippen molar-refractivity contribution >= 4 is 18.3 Å². The number of nitrogens with zero attached hydrogens (tertiary/aromatic N) is 2. The SMILES string of the molecule is CC(CS)CN(C)c1ccccc1C#N. The van der Waals surface area contributed by atoms with E-state index in [0.717, 1.165) is 23.5 Å². The van der Waals surface area contributed by atoms with Gasteiger partial charge in [-0.15, -0.1) is 0 Å². The molecule has 15 heavy (non-hydrogen) atoms. The summed E-state index contributed by atoms with van der Waals surface area (Å²) in [4.78, 5) is 2.11. The van der Waals surface area contributed by atoms with Gasteiger partial charge in [0.05, 0.1) is 11.3 Å². The lowest BCUT2D eigenvalue weighted by Crippen LogP contribution is -2.25. The fourth-order valence-electron chi connectivity index (χ4n) is 1.52. The van der Waals surface area contributed by atoms with E-state index in [1.807, 2.05) is 31.3 Å². The summed E-state index contributed by atoms with van der Waals surface area (Å²) in [6.07, 6.45) is 0. The van der Waals surface area contributed by atoms with Gasteiger partial charge in [0, 0.05) is 13.6 Å². The van der Waals surface area contributed by atoms with E-state index in [4.69, 9.17) is 5.26 Å². The fourth-order valence-corrected chi connectivity index (χ4v) is 1.64. The van der Waals surface area contributed by atoms with Crippen LogP contribution in [0.4, 0.5) is 5.69 Å². The van der Waals surface area contributed by atoms with Gasteiger partial charge >= 0.3 is 0 Å². The number of thiol groups is 1. The summed E-state index contributed by atoms with van der Waals surface area (Å²) in [5.41, 5.74) is 1.72. The number of anilines is 1. The fraction of sp³-hybridized carbons (Fsp3) is 0.417. The van der Waals surface area contributed by atoms with Crippen LogP contribution in [0, 0.1) is 17.2 Å². The van der Waals surface area contributed by atoms with Crippen LogP contribution in [0.25, 0.3) is 0 Å². The molecule has 0 fully saturated rings. The smallest absolute Gasteiger partial charge is 0.101 e. The number of rotatable bonds is 4. The van der Waals surface area contributed by atoms with Crippen LogP contribution in [0.1, 0.15) is 12.5 Å². The van der Waals surface area contributed by atoms with E-state index in [1.54, 1.807) is 0 Å². The summed E-state index contributed by atoms with van der Waals surface area (Å²) in [6.45, 7) is 3.07. The molecule has 0 bridgehead atoms. The van der Waals surface area contributed by atoms with Gasteiger partial charge in [0.1, 0.15) is 6.07 Å². The quantitative estimate of drug-likeness (QED) is 0.790. The lowest BCUT2D eigenvalue weighted by atomic mass is 10.1. The summed E-state index contributed by atoms with van der Waals surface area (Å²) >= 11 is 4.26. The van der Waals surface area contributed by atoms with Gasteiger partial charge < -0.3 is 4.90 Å². The van der Waals surface area contributed by atoms with Gasteiger partial charge in [0.2, 0.25) is 0 Å². The van der Waals surface area contributed by atoms with E-state index in [9.17, 15) is 0 Å². The number of nitriles is 1. The maximum absolute atomic E-state index is 8.97. The Kier molecular flexibility index (Phi) is 4.51. The van der Waals surface area contributed by atoms with Crippen LogP contribution in [0.2, 0.25) is 0 Å². The van der Waals surface area contributed by atoms with Crippen molar-refractivity contribution < 1.29 is 0 Å². The average Bonchev–Trinajstić information content (AvgIpc) is 2.28. The molecule has 0 aliphatic rings. The van der Waals surface area contributed by atoms with E-state index in [-0.39, 0.29) is 0 Å². The van der Waals surface area contributed by atoms with Crippen LogP contribution in [-0.2, 0) is 0 Å². The molecular formula is C12H16N2S. The first-order valence-corrected chi connectivity index (χ1v) is 5.63. The molecule has 2 nitrogen and oxygen atoms in total. The van der Waals surface area contributed by atoms with E-state index in [2.05, 4.69) is 30.5 Å². The van der Waals surface area contributed by atoms with Gasteiger partial charge in [0.25, 0.3) is 0 Å². The molecule has 0 N–H and O–H groups in total. The van der Waals surface area contributed by atoms with E-state index < -0.39 is 0 Å². The summed E-state index contributed by atoms with van der Waals surface area (Å²) in [5.74, 6) is 1.38. The first kappa shape index (κ1) is 11.9. The van der Waals surface area contributed by atoms with Gasteiger partial charge in [-0.25, -0.2) is 0 Å². The second-order valence-corrected chi connectivity index (χ2v) is 4.16. The zero-order valence-corrected chi connectivity index (χ0v) is 10.0. The highest BCUT2D eigenvalue weighted by atomic mass is 32.1. The number of para-hydroxylation sites is 1. The molecular weight excluding hydrogens is 204 g/mol. The number of benzene rings is 1. The van der Waals surface area contributed by atoms with Crippen molar-refractivity contribution in [1.82, 2.24) is 0 Å². The second kappa shape index (κ2) is 5.67. The first-order chi connectivity index (χ1) is 7.19. The van der Waals surface area contributed by atoms with E-state index in [0.29, 0.717) is 5.92 Å². The highest BCUT2D eigenvalue weighted by molar-refractivity contribution is 7.80. The van der Waals surface area contributed by atoms with Crippen molar-refractivity contribution in [3.8, 4) is 6.07 Å². The molecule has 0 aliphatic carbocycles.